The average molecular weight is 264 g/mol. The van der Waals surface area contributed by atoms with Crippen LogP contribution in [0.3, 0.4) is 0 Å². The topological polar surface area (TPSA) is 59.1 Å². The van der Waals surface area contributed by atoms with Crippen molar-refractivity contribution in [1.82, 2.24) is 0 Å². The molecule has 1 aliphatic carbocycles. The number of hydrogen-bond acceptors (Lipinski definition) is 4. The van der Waals surface area contributed by atoms with Crippen LogP contribution in [-0.4, -0.2) is 35.0 Å². The number of aliphatic hydroxyl groups excluding tert-OH is 1. The van der Waals surface area contributed by atoms with Gasteiger partial charge in [0.2, 0.25) is 0 Å². The Morgan fingerprint density at radius 1 is 1.53 bits per heavy atom. The van der Waals surface area contributed by atoms with Crippen molar-refractivity contribution in [2.45, 2.75) is 57.0 Å². The minimum absolute atomic E-state index is 0.109. The van der Waals surface area contributed by atoms with E-state index in [1.165, 1.54) is 0 Å². The van der Waals surface area contributed by atoms with Crippen LogP contribution in [0.25, 0.3) is 0 Å². The first kappa shape index (κ1) is 12.9. The minimum Gasteiger partial charge on any atom is -0.455 e. The summed E-state index contributed by atoms with van der Waals surface area (Å²) in [5, 5.41) is 10.4. The SMILES string of the molecule is C=C1C(=O)O[C@H]2[C@H]1[C@H](O)C/C(C)=C/CC[C@]1(C)O[C@@H]21. The molecule has 0 amide bonds. The lowest BCUT2D eigenvalue weighted by molar-refractivity contribution is -0.140. The Kier molecular flexibility index (Phi) is 2.84. The van der Waals surface area contributed by atoms with Gasteiger partial charge in [-0.25, -0.2) is 4.79 Å². The van der Waals surface area contributed by atoms with E-state index in [2.05, 4.69) is 12.7 Å². The third kappa shape index (κ3) is 2.03. The first-order valence-electron chi connectivity index (χ1n) is 6.84. The molecular formula is C15H20O4. The molecule has 3 rings (SSSR count). The van der Waals surface area contributed by atoms with Crippen LogP contribution in [0.4, 0.5) is 0 Å². The first-order valence-corrected chi connectivity index (χ1v) is 6.84. The summed E-state index contributed by atoms with van der Waals surface area (Å²) in [7, 11) is 0. The van der Waals surface area contributed by atoms with Gasteiger partial charge in [-0.2, -0.15) is 0 Å². The lowest BCUT2D eigenvalue weighted by Gasteiger charge is -2.24. The number of epoxide rings is 1. The highest BCUT2D eigenvalue weighted by Gasteiger charge is 2.62. The monoisotopic (exact) mass is 264 g/mol. The molecule has 1 N–H and O–H groups in total. The van der Waals surface area contributed by atoms with Gasteiger partial charge in [0, 0.05) is 5.57 Å². The van der Waals surface area contributed by atoms with Crippen molar-refractivity contribution in [3.8, 4) is 0 Å². The highest BCUT2D eigenvalue weighted by atomic mass is 16.6. The fourth-order valence-corrected chi connectivity index (χ4v) is 3.33. The van der Waals surface area contributed by atoms with Crippen molar-refractivity contribution in [2.75, 3.05) is 0 Å². The summed E-state index contributed by atoms with van der Waals surface area (Å²) in [6.07, 6.45) is 3.42. The van der Waals surface area contributed by atoms with Crippen molar-refractivity contribution in [3.05, 3.63) is 23.8 Å². The van der Waals surface area contributed by atoms with Crippen LogP contribution in [-0.2, 0) is 14.3 Å². The smallest absolute Gasteiger partial charge is 0.334 e. The molecule has 2 heterocycles. The third-order valence-electron chi connectivity index (χ3n) is 4.58. The second kappa shape index (κ2) is 4.18. The second-order valence-corrected chi connectivity index (χ2v) is 6.13. The predicted molar refractivity (Wildman–Crippen MR) is 69.4 cm³/mol. The van der Waals surface area contributed by atoms with Crippen molar-refractivity contribution in [2.24, 2.45) is 5.92 Å². The van der Waals surface area contributed by atoms with Crippen LogP contribution >= 0.6 is 0 Å². The van der Waals surface area contributed by atoms with E-state index in [9.17, 15) is 9.90 Å². The molecule has 0 aromatic carbocycles. The predicted octanol–water partition coefficient (Wildman–Crippen LogP) is 1.73. The molecule has 0 bridgehead atoms. The van der Waals surface area contributed by atoms with Gasteiger partial charge in [0.25, 0.3) is 0 Å². The summed E-state index contributed by atoms with van der Waals surface area (Å²) < 4.78 is 11.2. The molecule has 104 valence electrons. The van der Waals surface area contributed by atoms with Crippen LogP contribution in [0, 0.1) is 5.92 Å². The fourth-order valence-electron chi connectivity index (χ4n) is 3.33. The Balaban J connectivity index is 1.93. The molecule has 0 spiro atoms. The van der Waals surface area contributed by atoms with Gasteiger partial charge in [-0.15, -0.1) is 0 Å². The molecule has 5 atom stereocenters. The molecule has 2 saturated heterocycles. The highest BCUT2D eigenvalue weighted by Crippen LogP contribution is 2.49. The highest BCUT2D eigenvalue weighted by molar-refractivity contribution is 5.91. The van der Waals surface area contributed by atoms with Crippen LogP contribution in [0.1, 0.15) is 33.1 Å². The molecule has 0 aromatic heterocycles. The standard InChI is InChI=1S/C15H20O4/c1-8-5-4-6-15(3)13(19-15)12-11(10(16)7-8)9(2)14(17)18-12/h5,10-13,16H,2,4,6-7H2,1,3H3/b8-5+/t10-,11-,12+,13+,15+/m1/s1. The number of hydrogen-bond donors (Lipinski definition) is 1. The zero-order valence-corrected chi connectivity index (χ0v) is 11.4. The van der Waals surface area contributed by atoms with Crippen molar-refractivity contribution >= 4 is 5.97 Å². The quantitative estimate of drug-likeness (QED) is 0.313. The fraction of sp³-hybridized carbons (Fsp3) is 0.667. The molecule has 0 aromatic rings. The van der Waals surface area contributed by atoms with E-state index >= 15 is 0 Å². The zero-order chi connectivity index (χ0) is 13.8. The second-order valence-electron chi connectivity index (χ2n) is 6.13. The van der Waals surface area contributed by atoms with Crippen molar-refractivity contribution in [1.29, 1.82) is 0 Å². The molecule has 0 radical (unpaired) electrons. The maximum absolute atomic E-state index is 11.7. The lowest BCUT2D eigenvalue weighted by atomic mass is 9.82. The number of ether oxygens (including phenoxy) is 2. The number of carbonyl (C=O) groups excluding carboxylic acids is 1. The molecule has 19 heavy (non-hydrogen) atoms. The molecule has 0 saturated carbocycles. The Labute approximate surface area is 113 Å². The Morgan fingerprint density at radius 3 is 3.00 bits per heavy atom. The summed E-state index contributed by atoms with van der Waals surface area (Å²) in [5.41, 5.74) is 1.28. The van der Waals surface area contributed by atoms with Gasteiger partial charge in [0.1, 0.15) is 12.2 Å². The summed E-state index contributed by atoms with van der Waals surface area (Å²) in [6, 6.07) is 0. The Bertz CT molecular complexity index is 467. The number of rotatable bonds is 0. The number of esters is 1. The summed E-state index contributed by atoms with van der Waals surface area (Å²) in [4.78, 5) is 11.7. The lowest BCUT2D eigenvalue weighted by Crippen LogP contribution is -2.35. The molecule has 4 heteroatoms. The number of aliphatic hydroxyl groups is 1. The molecule has 2 aliphatic heterocycles. The normalized spacial score (nSPS) is 48.7. The van der Waals surface area contributed by atoms with Gasteiger partial charge >= 0.3 is 5.97 Å². The zero-order valence-electron chi connectivity index (χ0n) is 11.4. The Morgan fingerprint density at radius 2 is 2.26 bits per heavy atom. The van der Waals surface area contributed by atoms with Crippen LogP contribution in [0.15, 0.2) is 23.8 Å². The van der Waals surface area contributed by atoms with Gasteiger partial charge in [-0.3, -0.25) is 0 Å². The maximum atomic E-state index is 11.7. The van der Waals surface area contributed by atoms with E-state index < -0.39 is 12.1 Å². The van der Waals surface area contributed by atoms with Crippen LogP contribution in [0.2, 0.25) is 0 Å². The first-order chi connectivity index (χ1) is 8.92. The molecule has 4 nitrogen and oxygen atoms in total. The maximum Gasteiger partial charge on any atom is 0.334 e. The summed E-state index contributed by atoms with van der Waals surface area (Å²) >= 11 is 0. The van der Waals surface area contributed by atoms with Crippen LogP contribution < -0.4 is 0 Å². The molecular weight excluding hydrogens is 244 g/mol. The molecule has 3 aliphatic rings. The molecule has 2 fully saturated rings. The number of carbonyl (C=O) groups is 1. The third-order valence-corrected chi connectivity index (χ3v) is 4.58. The summed E-state index contributed by atoms with van der Waals surface area (Å²) in [5.74, 6) is -0.742. The van der Waals surface area contributed by atoms with E-state index in [-0.39, 0.29) is 23.7 Å². The average Bonchev–Trinajstić information content (AvgIpc) is 2.89. The molecule has 0 unspecified atom stereocenters. The number of fused-ring (bicyclic) bond motifs is 3. The van der Waals surface area contributed by atoms with Crippen molar-refractivity contribution < 1.29 is 19.4 Å². The van der Waals surface area contributed by atoms with E-state index in [0.717, 1.165) is 18.4 Å². The van der Waals surface area contributed by atoms with E-state index in [1.807, 2.05) is 13.8 Å². The van der Waals surface area contributed by atoms with Crippen LogP contribution in [0.5, 0.6) is 0 Å². The number of allylic oxidation sites excluding steroid dienone is 1. The van der Waals surface area contributed by atoms with Gasteiger partial charge < -0.3 is 14.6 Å². The minimum atomic E-state index is -0.633. The van der Waals surface area contributed by atoms with Gasteiger partial charge in [-0.05, 0) is 33.1 Å². The Hall–Kier alpha value is -1.13. The van der Waals surface area contributed by atoms with Gasteiger partial charge in [0.15, 0.2) is 0 Å². The van der Waals surface area contributed by atoms with E-state index in [4.69, 9.17) is 9.47 Å². The summed E-state index contributed by atoms with van der Waals surface area (Å²) in [6.45, 7) is 7.84. The largest absolute Gasteiger partial charge is 0.455 e. The van der Waals surface area contributed by atoms with Gasteiger partial charge in [0.05, 0.1) is 17.6 Å². The van der Waals surface area contributed by atoms with Gasteiger partial charge in [-0.1, -0.05) is 18.2 Å². The van der Waals surface area contributed by atoms with Crippen molar-refractivity contribution in [3.63, 3.8) is 0 Å². The van der Waals surface area contributed by atoms with E-state index in [0.29, 0.717) is 12.0 Å². The van der Waals surface area contributed by atoms with E-state index in [1.54, 1.807) is 0 Å².